The zero-order valence-electron chi connectivity index (χ0n) is 13.8. The van der Waals surface area contributed by atoms with Crippen molar-refractivity contribution in [3.05, 3.63) is 0 Å². The van der Waals surface area contributed by atoms with E-state index in [1.165, 1.54) is 19.3 Å². The number of amides is 1. The van der Waals surface area contributed by atoms with Crippen LogP contribution >= 0.6 is 0 Å². The molecule has 0 aliphatic carbocycles. The van der Waals surface area contributed by atoms with Gasteiger partial charge in [-0.05, 0) is 66.0 Å². The third-order valence-corrected chi connectivity index (χ3v) is 4.47. The Hall–Kier alpha value is -0.810. The molecule has 122 valence electrons. The summed E-state index contributed by atoms with van der Waals surface area (Å²) < 4.78 is 5.59. The normalized spacial score (nSPS) is 25.9. The molecule has 0 spiro atoms. The molecule has 2 N–H and O–H groups in total. The fourth-order valence-corrected chi connectivity index (χ4v) is 3.53. The van der Waals surface area contributed by atoms with Gasteiger partial charge in [0.2, 0.25) is 0 Å². The molecule has 5 heteroatoms. The first-order chi connectivity index (χ1) is 9.92. The van der Waals surface area contributed by atoms with Crippen molar-refractivity contribution in [3.63, 3.8) is 0 Å². The largest absolute Gasteiger partial charge is 0.444 e. The molecule has 5 nitrogen and oxygen atoms in total. The molecule has 2 aliphatic rings. The van der Waals surface area contributed by atoms with Crippen LogP contribution in [-0.2, 0) is 4.74 Å². The van der Waals surface area contributed by atoms with Gasteiger partial charge in [0.05, 0.1) is 6.04 Å². The van der Waals surface area contributed by atoms with Gasteiger partial charge in [-0.3, -0.25) is 4.90 Å². The molecule has 2 unspecified atom stereocenters. The van der Waals surface area contributed by atoms with Crippen LogP contribution in [0.25, 0.3) is 0 Å². The van der Waals surface area contributed by atoms with Crippen LogP contribution in [0.15, 0.2) is 0 Å². The maximum atomic E-state index is 12.5. The number of carbonyl (C=O) groups excluding carboxylic acids is 1. The highest BCUT2D eigenvalue weighted by Gasteiger charge is 2.37. The highest BCUT2D eigenvalue weighted by molar-refractivity contribution is 5.68. The maximum absolute atomic E-state index is 12.5. The molecule has 2 rings (SSSR count). The van der Waals surface area contributed by atoms with Gasteiger partial charge in [-0.2, -0.15) is 0 Å². The fourth-order valence-electron chi connectivity index (χ4n) is 3.53. The summed E-state index contributed by atoms with van der Waals surface area (Å²) in [4.78, 5) is 16.9. The van der Waals surface area contributed by atoms with Crippen LogP contribution < -0.4 is 5.73 Å². The van der Waals surface area contributed by atoms with E-state index in [-0.39, 0.29) is 18.2 Å². The minimum Gasteiger partial charge on any atom is -0.444 e. The lowest BCUT2D eigenvalue weighted by atomic mass is 9.95. The van der Waals surface area contributed by atoms with Gasteiger partial charge in [-0.1, -0.05) is 0 Å². The molecule has 0 bridgehead atoms. The van der Waals surface area contributed by atoms with Gasteiger partial charge in [-0.25, -0.2) is 4.79 Å². The molecule has 2 saturated heterocycles. The minimum absolute atomic E-state index is 0.176. The van der Waals surface area contributed by atoms with E-state index in [2.05, 4.69) is 4.90 Å². The summed E-state index contributed by atoms with van der Waals surface area (Å²) in [5, 5.41) is 0. The number of hydrogen-bond acceptors (Lipinski definition) is 4. The molecule has 2 atom stereocenters. The lowest BCUT2D eigenvalue weighted by molar-refractivity contribution is -0.00345. The number of piperidine rings is 1. The Morgan fingerprint density at radius 2 is 1.81 bits per heavy atom. The third kappa shape index (κ3) is 4.33. The average molecular weight is 297 g/mol. The van der Waals surface area contributed by atoms with E-state index < -0.39 is 5.60 Å². The summed E-state index contributed by atoms with van der Waals surface area (Å²) in [6.07, 6.45) is 5.59. The number of carbonyl (C=O) groups is 1. The summed E-state index contributed by atoms with van der Waals surface area (Å²) in [6.45, 7) is 9.40. The van der Waals surface area contributed by atoms with Crippen molar-refractivity contribution >= 4 is 6.09 Å². The van der Waals surface area contributed by atoms with E-state index >= 15 is 0 Å². The lowest BCUT2D eigenvalue weighted by Gasteiger charge is -2.43. The molecule has 2 heterocycles. The standard InChI is InChI=1S/C16H31N3O2/c1-16(2,3)21-15(20)19-11-5-4-8-13(19)14(12-17)18-9-6-7-10-18/h13-14H,4-12,17H2,1-3H3. The van der Waals surface area contributed by atoms with Crippen molar-refractivity contribution in [1.29, 1.82) is 0 Å². The molecular weight excluding hydrogens is 266 g/mol. The van der Waals surface area contributed by atoms with E-state index in [1.807, 2.05) is 25.7 Å². The molecule has 0 aromatic heterocycles. The number of nitrogens with two attached hydrogens (primary N) is 1. The van der Waals surface area contributed by atoms with Crippen LogP contribution in [0.1, 0.15) is 52.9 Å². The van der Waals surface area contributed by atoms with E-state index in [9.17, 15) is 4.79 Å². The number of nitrogens with zero attached hydrogens (tertiary/aromatic N) is 2. The maximum Gasteiger partial charge on any atom is 0.410 e. The molecule has 0 saturated carbocycles. The molecule has 0 aromatic carbocycles. The molecule has 0 aromatic rings. The van der Waals surface area contributed by atoms with Crippen LogP contribution in [0.2, 0.25) is 0 Å². The molecule has 2 fully saturated rings. The first-order valence-corrected chi connectivity index (χ1v) is 8.36. The van der Waals surface area contributed by atoms with E-state index in [4.69, 9.17) is 10.5 Å². The Morgan fingerprint density at radius 3 is 2.38 bits per heavy atom. The fraction of sp³-hybridized carbons (Fsp3) is 0.938. The van der Waals surface area contributed by atoms with Gasteiger partial charge in [0.25, 0.3) is 0 Å². The van der Waals surface area contributed by atoms with Crippen molar-refractivity contribution in [3.8, 4) is 0 Å². The number of ether oxygens (including phenoxy) is 1. The second kappa shape index (κ2) is 6.97. The van der Waals surface area contributed by atoms with E-state index in [0.717, 1.165) is 32.5 Å². The predicted molar refractivity (Wildman–Crippen MR) is 84.2 cm³/mol. The topological polar surface area (TPSA) is 58.8 Å². The second-order valence-corrected chi connectivity index (χ2v) is 7.28. The van der Waals surface area contributed by atoms with Crippen LogP contribution in [-0.4, -0.2) is 59.8 Å². The van der Waals surface area contributed by atoms with E-state index in [0.29, 0.717) is 6.54 Å². The van der Waals surface area contributed by atoms with Gasteiger partial charge < -0.3 is 15.4 Å². The number of hydrogen-bond donors (Lipinski definition) is 1. The van der Waals surface area contributed by atoms with Crippen molar-refractivity contribution in [2.45, 2.75) is 70.6 Å². The Bertz CT molecular complexity index is 348. The summed E-state index contributed by atoms with van der Waals surface area (Å²) in [6, 6.07) is 0.483. The Balaban J connectivity index is 2.08. The van der Waals surface area contributed by atoms with Crippen LogP contribution in [0.3, 0.4) is 0 Å². The smallest absolute Gasteiger partial charge is 0.410 e. The summed E-state index contributed by atoms with van der Waals surface area (Å²) >= 11 is 0. The van der Waals surface area contributed by atoms with Crippen LogP contribution in [0.4, 0.5) is 4.79 Å². The van der Waals surface area contributed by atoms with Crippen molar-refractivity contribution in [2.75, 3.05) is 26.2 Å². The van der Waals surface area contributed by atoms with Gasteiger partial charge in [0, 0.05) is 19.1 Å². The first kappa shape index (κ1) is 16.6. The summed E-state index contributed by atoms with van der Waals surface area (Å²) in [5.74, 6) is 0. The van der Waals surface area contributed by atoms with Gasteiger partial charge in [0.15, 0.2) is 0 Å². The van der Waals surface area contributed by atoms with E-state index in [1.54, 1.807) is 0 Å². The highest BCUT2D eigenvalue weighted by atomic mass is 16.6. The zero-order chi connectivity index (χ0) is 15.5. The number of rotatable bonds is 3. The van der Waals surface area contributed by atoms with Crippen LogP contribution in [0.5, 0.6) is 0 Å². The molecular formula is C16H31N3O2. The predicted octanol–water partition coefficient (Wildman–Crippen LogP) is 2.20. The van der Waals surface area contributed by atoms with Crippen molar-refractivity contribution in [2.24, 2.45) is 5.73 Å². The van der Waals surface area contributed by atoms with Crippen molar-refractivity contribution in [1.82, 2.24) is 9.80 Å². The SMILES string of the molecule is CC(C)(C)OC(=O)N1CCCCC1C(CN)N1CCCC1. The van der Waals surface area contributed by atoms with Crippen LogP contribution in [0, 0.1) is 0 Å². The minimum atomic E-state index is -0.440. The second-order valence-electron chi connectivity index (χ2n) is 7.28. The van der Waals surface area contributed by atoms with Gasteiger partial charge in [0.1, 0.15) is 5.60 Å². The van der Waals surface area contributed by atoms with Gasteiger partial charge >= 0.3 is 6.09 Å². The summed E-state index contributed by atoms with van der Waals surface area (Å²) in [5.41, 5.74) is 5.61. The number of likely N-dealkylation sites (tertiary alicyclic amines) is 2. The molecule has 21 heavy (non-hydrogen) atoms. The summed E-state index contributed by atoms with van der Waals surface area (Å²) in [7, 11) is 0. The lowest BCUT2D eigenvalue weighted by Crippen LogP contribution is -2.58. The van der Waals surface area contributed by atoms with Crippen molar-refractivity contribution < 1.29 is 9.53 Å². The quantitative estimate of drug-likeness (QED) is 0.867. The first-order valence-electron chi connectivity index (χ1n) is 8.36. The Kier molecular flexibility index (Phi) is 5.49. The average Bonchev–Trinajstić information content (AvgIpc) is 2.92. The highest BCUT2D eigenvalue weighted by Crippen LogP contribution is 2.26. The molecule has 1 amide bonds. The Labute approximate surface area is 128 Å². The zero-order valence-corrected chi connectivity index (χ0v) is 13.8. The Morgan fingerprint density at radius 1 is 1.19 bits per heavy atom. The monoisotopic (exact) mass is 297 g/mol. The van der Waals surface area contributed by atoms with Gasteiger partial charge in [-0.15, -0.1) is 0 Å². The third-order valence-electron chi connectivity index (χ3n) is 4.47. The molecule has 2 aliphatic heterocycles. The molecule has 0 radical (unpaired) electrons.